The summed E-state index contributed by atoms with van der Waals surface area (Å²) in [4.78, 5) is 25.5. The van der Waals surface area contributed by atoms with E-state index in [1.165, 1.54) is 5.69 Å². The fraction of sp³-hybridized carbons (Fsp3) is 0.565. The predicted molar refractivity (Wildman–Crippen MR) is 112 cm³/mol. The molecule has 0 bridgehead atoms. The Morgan fingerprint density at radius 2 is 1.89 bits per heavy atom. The van der Waals surface area contributed by atoms with Gasteiger partial charge in [-0.3, -0.25) is 9.78 Å². The molecule has 0 unspecified atom stereocenters. The molecule has 5 nitrogen and oxygen atoms in total. The second-order valence-electron chi connectivity index (χ2n) is 8.19. The molecular weight excluding hydrogens is 348 g/mol. The molecule has 1 aliphatic rings. The normalized spacial score (nSPS) is 19.6. The molecule has 1 aliphatic carbocycles. The third kappa shape index (κ3) is 5.15. The minimum Gasteiger partial charge on any atom is -0.356 e. The van der Waals surface area contributed by atoms with Crippen molar-refractivity contribution >= 4 is 5.91 Å². The maximum atomic E-state index is 11.7. The van der Waals surface area contributed by atoms with Gasteiger partial charge in [-0.25, -0.2) is 9.97 Å². The first-order valence-corrected chi connectivity index (χ1v) is 10.6. The quantitative estimate of drug-likeness (QED) is 0.745. The zero-order chi connectivity index (χ0) is 19.9. The smallest absolute Gasteiger partial charge is 0.219 e. The van der Waals surface area contributed by atoms with Crippen molar-refractivity contribution < 1.29 is 4.79 Å². The lowest BCUT2D eigenvalue weighted by Gasteiger charge is -2.29. The molecule has 5 heteroatoms. The van der Waals surface area contributed by atoms with Crippen LogP contribution >= 0.6 is 0 Å². The summed E-state index contributed by atoms with van der Waals surface area (Å²) >= 11 is 0. The third-order valence-corrected chi connectivity index (χ3v) is 5.64. The Balaban J connectivity index is 1.72. The molecule has 28 heavy (non-hydrogen) atoms. The van der Waals surface area contributed by atoms with Crippen LogP contribution in [0.25, 0.3) is 11.1 Å². The van der Waals surface area contributed by atoms with Gasteiger partial charge in [-0.1, -0.05) is 20.8 Å². The van der Waals surface area contributed by atoms with Crippen molar-refractivity contribution in [3.05, 3.63) is 42.2 Å². The van der Waals surface area contributed by atoms with Gasteiger partial charge in [-0.2, -0.15) is 0 Å². The summed E-state index contributed by atoms with van der Waals surface area (Å²) in [6.07, 6.45) is 11.7. The largest absolute Gasteiger partial charge is 0.356 e. The first kappa shape index (κ1) is 20.4. The summed E-state index contributed by atoms with van der Waals surface area (Å²) < 4.78 is 0. The number of aromatic nitrogens is 3. The standard InChI is InChI=1S/C23H32N4O/c1-4-5-21(28)25-14-17-6-8-19(9-7-17)22-20(18-10-12-24-13-11-18)15-26-23(27-22)16(2)3/h10-13,15-17,19H,4-9,14H2,1-3H3,(H,25,28). The molecule has 0 atom stereocenters. The summed E-state index contributed by atoms with van der Waals surface area (Å²) in [5, 5.41) is 3.10. The van der Waals surface area contributed by atoms with E-state index in [2.05, 4.69) is 29.1 Å². The van der Waals surface area contributed by atoms with E-state index in [9.17, 15) is 4.79 Å². The van der Waals surface area contributed by atoms with Gasteiger partial charge in [0.15, 0.2) is 0 Å². The molecule has 0 radical (unpaired) electrons. The van der Waals surface area contributed by atoms with Crippen molar-refractivity contribution in [2.24, 2.45) is 5.92 Å². The van der Waals surface area contributed by atoms with Crippen LogP contribution in [0.1, 0.15) is 82.7 Å². The summed E-state index contributed by atoms with van der Waals surface area (Å²) in [5.74, 6) is 2.44. The molecule has 1 fully saturated rings. The van der Waals surface area contributed by atoms with Crippen LogP contribution in [0.2, 0.25) is 0 Å². The molecule has 1 saturated carbocycles. The Morgan fingerprint density at radius 3 is 2.54 bits per heavy atom. The molecule has 1 N–H and O–H groups in total. The molecule has 1 amide bonds. The summed E-state index contributed by atoms with van der Waals surface area (Å²) in [5.41, 5.74) is 3.44. The van der Waals surface area contributed by atoms with Gasteiger partial charge in [0.05, 0.1) is 5.69 Å². The Kier molecular flexibility index (Phi) is 7.12. The number of nitrogens with zero attached hydrogens (tertiary/aromatic N) is 3. The minimum absolute atomic E-state index is 0.182. The fourth-order valence-corrected chi connectivity index (χ4v) is 3.97. The number of hydrogen-bond donors (Lipinski definition) is 1. The van der Waals surface area contributed by atoms with Crippen LogP contribution < -0.4 is 5.32 Å². The van der Waals surface area contributed by atoms with Crippen molar-refractivity contribution in [3.8, 4) is 11.1 Å². The summed E-state index contributed by atoms with van der Waals surface area (Å²) in [6, 6.07) is 4.07. The lowest BCUT2D eigenvalue weighted by molar-refractivity contribution is -0.121. The number of carbonyl (C=O) groups excluding carboxylic acids is 1. The van der Waals surface area contributed by atoms with Gasteiger partial charge in [0.2, 0.25) is 5.91 Å². The molecule has 2 aromatic heterocycles. The van der Waals surface area contributed by atoms with Crippen LogP contribution in [0.4, 0.5) is 0 Å². The van der Waals surface area contributed by atoms with Crippen LogP contribution in [-0.4, -0.2) is 27.4 Å². The number of amides is 1. The monoisotopic (exact) mass is 380 g/mol. The molecule has 0 saturated heterocycles. The molecule has 3 rings (SSSR count). The molecule has 150 valence electrons. The summed E-state index contributed by atoms with van der Waals surface area (Å²) in [7, 11) is 0. The average molecular weight is 381 g/mol. The number of hydrogen-bond acceptors (Lipinski definition) is 4. The van der Waals surface area contributed by atoms with E-state index in [1.807, 2.05) is 37.6 Å². The Hall–Kier alpha value is -2.30. The zero-order valence-electron chi connectivity index (χ0n) is 17.3. The summed E-state index contributed by atoms with van der Waals surface area (Å²) in [6.45, 7) is 7.13. The number of nitrogens with one attached hydrogen (secondary N) is 1. The number of carbonyl (C=O) groups is 1. The van der Waals surface area contributed by atoms with E-state index in [-0.39, 0.29) is 5.91 Å². The highest BCUT2D eigenvalue weighted by Crippen LogP contribution is 2.39. The van der Waals surface area contributed by atoms with Crippen molar-refractivity contribution in [1.29, 1.82) is 0 Å². The highest BCUT2D eigenvalue weighted by Gasteiger charge is 2.26. The van der Waals surface area contributed by atoms with Crippen LogP contribution in [0.15, 0.2) is 30.7 Å². The Morgan fingerprint density at radius 1 is 1.18 bits per heavy atom. The van der Waals surface area contributed by atoms with Gasteiger partial charge in [0.25, 0.3) is 0 Å². The first-order valence-electron chi connectivity index (χ1n) is 10.6. The minimum atomic E-state index is 0.182. The number of pyridine rings is 1. The predicted octanol–water partition coefficient (Wildman–Crippen LogP) is 4.85. The van der Waals surface area contributed by atoms with Crippen LogP contribution in [0.5, 0.6) is 0 Å². The molecule has 2 heterocycles. The fourth-order valence-electron chi connectivity index (χ4n) is 3.97. The Labute approximate surface area is 168 Å². The van der Waals surface area contributed by atoms with E-state index < -0.39 is 0 Å². The molecule has 2 aromatic rings. The van der Waals surface area contributed by atoms with Crippen molar-refractivity contribution in [2.45, 2.75) is 71.1 Å². The molecule has 0 aliphatic heterocycles. The van der Waals surface area contributed by atoms with Crippen molar-refractivity contribution in [2.75, 3.05) is 6.54 Å². The molecule has 0 spiro atoms. The SMILES string of the molecule is CCCC(=O)NCC1CCC(c2nc(C(C)C)ncc2-c2ccncc2)CC1. The first-order chi connectivity index (χ1) is 13.6. The van der Waals surface area contributed by atoms with E-state index in [0.29, 0.717) is 24.2 Å². The van der Waals surface area contributed by atoms with Crippen molar-refractivity contribution in [3.63, 3.8) is 0 Å². The van der Waals surface area contributed by atoms with Gasteiger partial charge in [-0.05, 0) is 55.7 Å². The van der Waals surface area contributed by atoms with E-state index >= 15 is 0 Å². The van der Waals surface area contributed by atoms with Crippen LogP contribution in [-0.2, 0) is 4.79 Å². The average Bonchev–Trinajstić information content (AvgIpc) is 2.73. The lowest BCUT2D eigenvalue weighted by atomic mass is 9.79. The van der Waals surface area contributed by atoms with E-state index in [0.717, 1.165) is 55.6 Å². The second-order valence-corrected chi connectivity index (χ2v) is 8.19. The van der Waals surface area contributed by atoms with Gasteiger partial charge in [0, 0.05) is 49.0 Å². The second kappa shape index (κ2) is 9.76. The maximum Gasteiger partial charge on any atom is 0.219 e. The van der Waals surface area contributed by atoms with Crippen molar-refractivity contribution in [1.82, 2.24) is 20.3 Å². The van der Waals surface area contributed by atoms with Gasteiger partial charge in [0.1, 0.15) is 5.82 Å². The highest BCUT2D eigenvalue weighted by molar-refractivity contribution is 5.75. The maximum absolute atomic E-state index is 11.7. The zero-order valence-corrected chi connectivity index (χ0v) is 17.3. The third-order valence-electron chi connectivity index (χ3n) is 5.64. The topological polar surface area (TPSA) is 67.8 Å². The molecule has 0 aromatic carbocycles. The van der Waals surface area contributed by atoms with Crippen LogP contribution in [0, 0.1) is 5.92 Å². The van der Waals surface area contributed by atoms with Gasteiger partial charge in [-0.15, -0.1) is 0 Å². The van der Waals surface area contributed by atoms with Gasteiger partial charge >= 0.3 is 0 Å². The van der Waals surface area contributed by atoms with Gasteiger partial charge < -0.3 is 5.32 Å². The highest BCUT2D eigenvalue weighted by atomic mass is 16.1. The van der Waals surface area contributed by atoms with Crippen LogP contribution in [0.3, 0.4) is 0 Å². The lowest BCUT2D eigenvalue weighted by Crippen LogP contribution is -2.31. The molecular formula is C23H32N4O. The number of rotatable bonds is 7. The van der Waals surface area contributed by atoms with E-state index in [4.69, 9.17) is 4.98 Å². The van der Waals surface area contributed by atoms with E-state index in [1.54, 1.807) is 0 Å². The Bertz CT molecular complexity index is 767.